The van der Waals surface area contributed by atoms with Crippen LogP contribution in [-0.4, -0.2) is 32.2 Å². The van der Waals surface area contributed by atoms with Crippen LogP contribution in [0.4, 0.5) is 11.6 Å². The van der Waals surface area contributed by atoms with Crippen LogP contribution >= 0.6 is 0 Å². The number of hydrogen-bond donors (Lipinski definition) is 1. The Hall–Kier alpha value is -3.81. The molecular weight excluding hydrogens is 332 g/mol. The van der Waals surface area contributed by atoms with E-state index in [9.17, 15) is 0 Å². The van der Waals surface area contributed by atoms with Gasteiger partial charge in [-0.3, -0.25) is 0 Å². The van der Waals surface area contributed by atoms with Gasteiger partial charge < -0.3 is 14.6 Å². The number of anilines is 2. The van der Waals surface area contributed by atoms with E-state index in [1.165, 1.54) is 0 Å². The van der Waals surface area contributed by atoms with E-state index in [1.54, 1.807) is 37.8 Å². The minimum absolute atomic E-state index is 0.411. The lowest BCUT2D eigenvalue weighted by atomic mass is 10.2. The van der Waals surface area contributed by atoms with Crippen molar-refractivity contribution >= 4 is 11.6 Å². The van der Waals surface area contributed by atoms with E-state index in [-0.39, 0.29) is 0 Å². The van der Waals surface area contributed by atoms with Gasteiger partial charge >= 0.3 is 0 Å². The van der Waals surface area contributed by atoms with E-state index in [0.29, 0.717) is 23.5 Å². The molecule has 0 saturated carbocycles. The van der Waals surface area contributed by atoms with Crippen molar-refractivity contribution in [2.75, 3.05) is 12.4 Å². The molecule has 26 heavy (non-hydrogen) atoms. The lowest BCUT2D eigenvalue weighted by Gasteiger charge is -2.04. The molecule has 0 bridgehead atoms. The summed E-state index contributed by atoms with van der Waals surface area (Å²) in [5, 5.41) is 7.15. The molecule has 128 valence electrons. The molecular formula is C18H14N6O2. The number of benzene rings is 1. The second-order valence-corrected chi connectivity index (χ2v) is 5.29. The second-order valence-electron chi connectivity index (χ2n) is 5.29. The van der Waals surface area contributed by atoms with Gasteiger partial charge in [0.25, 0.3) is 5.89 Å². The summed E-state index contributed by atoms with van der Waals surface area (Å²) in [5.74, 6) is 1.91. The van der Waals surface area contributed by atoms with Crippen LogP contribution in [0.3, 0.4) is 0 Å². The number of pyridine rings is 1. The standard InChI is InChI=1S/C18H14N6O2/c1-25-15-7-6-13(11-21-15)16-23-17(26-24-16)12-4-2-5-14(10-12)22-18-19-8-3-9-20-18/h2-11H,1H3,(H,19,20,22). The topological polar surface area (TPSA) is 98.9 Å². The van der Waals surface area contributed by atoms with Crippen LogP contribution in [0.1, 0.15) is 0 Å². The molecule has 1 aromatic carbocycles. The Morgan fingerprint density at radius 2 is 1.85 bits per heavy atom. The van der Waals surface area contributed by atoms with E-state index < -0.39 is 0 Å². The van der Waals surface area contributed by atoms with Crippen molar-refractivity contribution in [2.45, 2.75) is 0 Å². The second kappa shape index (κ2) is 6.98. The van der Waals surface area contributed by atoms with E-state index in [0.717, 1.165) is 16.8 Å². The van der Waals surface area contributed by atoms with Gasteiger partial charge in [0.1, 0.15) is 0 Å². The molecule has 0 radical (unpaired) electrons. The van der Waals surface area contributed by atoms with Crippen LogP contribution in [0.25, 0.3) is 22.8 Å². The minimum atomic E-state index is 0.411. The van der Waals surface area contributed by atoms with Gasteiger partial charge in [0, 0.05) is 41.5 Å². The molecule has 8 heteroatoms. The molecule has 3 heterocycles. The van der Waals surface area contributed by atoms with Crippen molar-refractivity contribution in [1.29, 1.82) is 0 Å². The zero-order valence-corrected chi connectivity index (χ0v) is 13.8. The third-order valence-electron chi connectivity index (χ3n) is 3.56. The average molecular weight is 346 g/mol. The zero-order chi connectivity index (χ0) is 17.8. The Morgan fingerprint density at radius 1 is 0.962 bits per heavy atom. The van der Waals surface area contributed by atoms with Crippen molar-refractivity contribution in [2.24, 2.45) is 0 Å². The van der Waals surface area contributed by atoms with E-state index in [2.05, 4.69) is 30.4 Å². The summed E-state index contributed by atoms with van der Waals surface area (Å²) < 4.78 is 10.4. The molecule has 0 fully saturated rings. The highest BCUT2D eigenvalue weighted by Crippen LogP contribution is 2.25. The highest BCUT2D eigenvalue weighted by atomic mass is 16.5. The summed E-state index contributed by atoms with van der Waals surface area (Å²) in [6, 6.07) is 12.9. The van der Waals surface area contributed by atoms with Gasteiger partial charge in [-0.25, -0.2) is 15.0 Å². The molecule has 0 unspecified atom stereocenters. The van der Waals surface area contributed by atoms with Crippen LogP contribution in [0.2, 0.25) is 0 Å². The number of ether oxygens (including phenoxy) is 1. The first-order valence-electron chi connectivity index (χ1n) is 7.80. The molecule has 0 aliphatic rings. The van der Waals surface area contributed by atoms with Gasteiger partial charge in [0.15, 0.2) is 0 Å². The normalized spacial score (nSPS) is 10.5. The van der Waals surface area contributed by atoms with E-state index in [1.807, 2.05) is 30.3 Å². The fourth-order valence-electron chi connectivity index (χ4n) is 2.31. The first-order chi connectivity index (χ1) is 12.8. The Morgan fingerprint density at radius 3 is 2.62 bits per heavy atom. The Labute approximate surface area is 148 Å². The Kier molecular flexibility index (Phi) is 4.21. The molecule has 0 saturated heterocycles. The summed E-state index contributed by atoms with van der Waals surface area (Å²) in [5.41, 5.74) is 2.35. The molecule has 4 aromatic rings. The Bertz CT molecular complexity index is 1000. The molecule has 8 nitrogen and oxygen atoms in total. The summed E-state index contributed by atoms with van der Waals surface area (Å²) in [6.07, 6.45) is 4.98. The number of aromatic nitrogens is 5. The third kappa shape index (κ3) is 3.34. The summed E-state index contributed by atoms with van der Waals surface area (Å²) in [6.45, 7) is 0. The van der Waals surface area contributed by atoms with Gasteiger partial charge in [-0.1, -0.05) is 11.2 Å². The highest BCUT2D eigenvalue weighted by molar-refractivity contribution is 5.65. The maximum absolute atomic E-state index is 5.39. The molecule has 4 rings (SSSR count). The maximum atomic E-state index is 5.39. The van der Waals surface area contributed by atoms with E-state index in [4.69, 9.17) is 9.26 Å². The predicted molar refractivity (Wildman–Crippen MR) is 94.8 cm³/mol. The number of methoxy groups -OCH3 is 1. The molecule has 0 aliphatic heterocycles. The van der Waals surface area contributed by atoms with Crippen LogP contribution in [0, 0.1) is 0 Å². The quantitative estimate of drug-likeness (QED) is 0.587. The molecule has 0 atom stereocenters. The largest absolute Gasteiger partial charge is 0.481 e. The number of nitrogens with zero attached hydrogens (tertiary/aromatic N) is 5. The van der Waals surface area contributed by atoms with E-state index >= 15 is 0 Å². The monoisotopic (exact) mass is 346 g/mol. The molecule has 0 amide bonds. The molecule has 0 aliphatic carbocycles. The molecule has 1 N–H and O–H groups in total. The summed E-state index contributed by atoms with van der Waals surface area (Å²) in [7, 11) is 1.57. The van der Waals surface area contributed by atoms with Gasteiger partial charge in [0.05, 0.1) is 7.11 Å². The minimum Gasteiger partial charge on any atom is -0.481 e. The average Bonchev–Trinajstić information content (AvgIpc) is 3.19. The van der Waals surface area contributed by atoms with Gasteiger partial charge in [-0.15, -0.1) is 0 Å². The van der Waals surface area contributed by atoms with Crippen LogP contribution < -0.4 is 10.1 Å². The highest BCUT2D eigenvalue weighted by Gasteiger charge is 2.12. The van der Waals surface area contributed by atoms with Crippen molar-refractivity contribution in [3.05, 3.63) is 61.1 Å². The van der Waals surface area contributed by atoms with Crippen LogP contribution in [0.5, 0.6) is 5.88 Å². The van der Waals surface area contributed by atoms with Gasteiger partial charge in [-0.05, 0) is 30.3 Å². The van der Waals surface area contributed by atoms with Crippen LogP contribution in [-0.2, 0) is 0 Å². The third-order valence-corrected chi connectivity index (χ3v) is 3.56. The predicted octanol–water partition coefficient (Wildman–Crippen LogP) is 3.34. The lowest BCUT2D eigenvalue weighted by Crippen LogP contribution is -1.95. The van der Waals surface area contributed by atoms with Crippen LogP contribution in [0.15, 0.2) is 65.6 Å². The van der Waals surface area contributed by atoms with Crippen molar-refractivity contribution in [3.8, 4) is 28.7 Å². The number of hydrogen-bond acceptors (Lipinski definition) is 8. The fourth-order valence-corrected chi connectivity index (χ4v) is 2.31. The number of rotatable bonds is 5. The van der Waals surface area contributed by atoms with Crippen molar-refractivity contribution in [3.63, 3.8) is 0 Å². The molecule has 3 aromatic heterocycles. The maximum Gasteiger partial charge on any atom is 0.258 e. The van der Waals surface area contributed by atoms with Gasteiger partial charge in [-0.2, -0.15) is 4.98 Å². The fraction of sp³-hybridized carbons (Fsp3) is 0.0556. The first kappa shape index (κ1) is 15.7. The van der Waals surface area contributed by atoms with Gasteiger partial charge in [0.2, 0.25) is 17.7 Å². The van der Waals surface area contributed by atoms with Crippen molar-refractivity contribution < 1.29 is 9.26 Å². The summed E-state index contributed by atoms with van der Waals surface area (Å²) in [4.78, 5) is 16.9. The van der Waals surface area contributed by atoms with Crippen molar-refractivity contribution in [1.82, 2.24) is 25.1 Å². The number of nitrogens with one attached hydrogen (secondary N) is 1. The SMILES string of the molecule is COc1ccc(-c2noc(-c3cccc(Nc4ncccn4)c3)n2)cn1. The Balaban J connectivity index is 1.58. The zero-order valence-electron chi connectivity index (χ0n) is 13.8. The first-order valence-corrected chi connectivity index (χ1v) is 7.80. The smallest absolute Gasteiger partial charge is 0.258 e. The lowest BCUT2D eigenvalue weighted by molar-refractivity contribution is 0.398. The molecule has 0 spiro atoms. The summed E-state index contributed by atoms with van der Waals surface area (Å²) >= 11 is 0.